The van der Waals surface area contributed by atoms with Crippen LogP contribution in [-0.2, 0) is 28.8 Å². The molecule has 0 fully saturated rings. The number of benzene rings is 1. The largest absolute Gasteiger partial charge is 0.469 e. The SMILES string of the molecule is COC(=O)Cc1cc2c(cc1Cl)CCC2. The first-order valence-corrected chi connectivity index (χ1v) is 5.45. The van der Waals surface area contributed by atoms with Crippen molar-refractivity contribution in [2.45, 2.75) is 25.7 Å². The van der Waals surface area contributed by atoms with Gasteiger partial charge < -0.3 is 4.74 Å². The van der Waals surface area contributed by atoms with Gasteiger partial charge in [-0.25, -0.2) is 0 Å². The lowest BCUT2D eigenvalue weighted by Crippen LogP contribution is -2.05. The third kappa shape index (κ3) is 2.15. The predicted octanol–water partition coefficient (Wildman–Crippen LogP) is 2.54. The predicted molar refractivity (Wildman–Crippen MR) is 59.2 cm³/mol. The maximum atomic E-state index is 11.2. The Balaban J connectivity index is 2.28. The van der Waals surface area contributed by atoms with Gasteiger partial charge in [-0.3, -0.25) is 4.79 Å². The molecular formula is C12H13ClO2. The molecule has 0 saturated heterocycles. The van der Waals surface area contributed by atoms with Crippen LogP contribution < -0.4 is 0 Å². The highest BCUT2D eigenvalue weighted by Crippen LogP contribution is 2.28. The second-order valence-electron chi connectivity index (χ2n) is 3.82. The van der Waals surface area contributed by atoms with Crippen LogP contribution in [0.3, 0.4) is 0 Å². The van der Waals surface area contributed by atoms with Crippen molar-refractivity contribution in [3.05, 3.63) is 33.8 Å². The fourth-order valence-corrected chi connectivity index (χ4v) is 2.26. The standard InChI is InChI=1S/C12H13ClO2/c1-15-12(14)7-10-5-8-3-2-4-9(8)6-11(10)13/h5-6H,2-4,7H2,1H3. The average molecular weight is 225 g/mol. The van der Waals surface area contributed by atoms with Gasteiger partial charge in [-0.05, 0) is 42.0 Å². The van der Waals surface area contributed by atoms with E-state index in [2.05, 4.69) is 4.74 Å². The first-order valence-electron chi connectivity index (χ1n) is 5.07. The van der Waals surface area contributed by atoms with Gasteiger partial charge in [-0.2, -0.15) is 0 Å². The molecule has 1 aliphatic carbocycles. The van der Waals surface area contributed by atoms with Gasteiger partial charge in [-0.1, -0.05) is 17.7 Å². The van der Waals surface area contributed by atoms with Crippen LogP contribution in [0.4, 0.5) is 0 Å². The van der Waals surface area contributed by atoms with Gasteiger partial charge in [0.15, 0.2) is 0 Å². The molecule has 0 bridgehead atoms. The summed E-state index contributed by atoms with van der Waals surface area (Å²) in [5.74, 6) is -0.241. The number of halogens is 1. The fraction of sp³-hybridized carbons (Fsp3) is 0.417. The van der Waals surface area contributed by atoms with E-state index in [0.29, 0.717) is 5.02 Å². The Labute approximate surface area is 94.2 Å². The minimum atomic E-state index is -0.241. The lowest BCUT2D eigenvalue weighted by Gasteiger charge is -2.06. The number of fused-ring (bicyclic) bond motifs is 1. The van der Waals surface area contributed by atoms with Crippen LogP contribution in [0.15, 0.2) is 12.1 Å². The highest BCUT2D eigenvalue weighted by molar-refractivity contribution is 6.31. The Kier molecular flexibility index (Phi) is 2.96. The fourth-order valence-electron chi connectivity index (χ4n) is 2.01. The van der Waals surface area contributed by atoms with E-state index < -0.39 is 0 Å². The van der Waals surface area contributed by atoms with E-state index in [1.54, 1.807) is 0 Å². The molecule has 0 unspecified atom stereocenters. The molecule has 0 heterocycles. The molecular weight excluding hydrogens is 212 g/mol. The first-order chi connectivity index (χ1) is 7.20. The van der Waals surface area contributed by atoms with Crippen molar-refractivity contribution in [1.29, 1.82) is 0 Å². The van der Waals surface area contributed by atoms with Gasteiger partial charge in [0, 0.05) is 5.02 Å². The second kappa shape index (κ2) is 4.23. The monoisotopic (exact) mass is 224 g/mol. The van der Waals surface area contributed by atoms with Crippen LogP contribution in [0.1, 0.15) is 23.1 Å². The van der Waals surface area contributed by atoms with Crippen LogP contribution in [0.25, 0.3) is 0 Å². The number of hydrogen-bond donors (Lipinski definition) is 0. The van der Waals surface area contributed by atoms with Crippen LogP contribution in [0.5, 0.6) is 0 Å². The molecule has 2 rings (SSSR count). The molecule has 0 saturated carbocycles. The zero-order valence-electron chi connectivity index (χ0n) is 8.68. The van der Waals surface area contributed by atoms with Crippen molar-refractivity contribution in [2.75, 3.05) is 7.11 Å². The number of methoxy groups -OCH3 is 1. The van der Waals surface area contributed by atoms with E-state index in [9.17, 15) is 4.79 Å². The molecule has 0 radical (unpaired) electrons. The number of carbonyl (C=O) groups is 1. The minimum absolute atomic E-state index is 0.241. The van der Waals surface area contributed by atoms with E-state index in [4.69, 9.17) is 11.6 Å². The second-order valence-corrected chi connectivity index (χ2v) is 4.23. The summed E-state index contributed by atoms with van der Waals surface area (Å²) in [5.41, 5.74) is 3.54. The summed E-state index contributed by atoms with van der Waals surface area (Å²) >= 11 is 6.10. The van der Waals surface area contributed by atoms with Gasteiger partial charge >= 0.3 is 5.97 Å². The zero-order chi connectivity index (χ0) is 10.8. The zero-order valence-corrected chi connectivity index (χ0v) is 9.43. The molecule has 0 aliphatic heterocycles. The summed E-state index contributed by atoms with van der Waals surface area (Å²) in [5, 5.41) is 0.682. The number of esters is 1. The third-order valence-electron chi connectivity index (χ3n) is 2.82. The molecule has 0 amide bonds. The summed E-state index contributed by atoms with van der Waals surface area (Å²) in [7, 11) is 1.39. The first kappa shape index (κ1) is 10.5. The molecule has 2 nitrogen and oxygen atoms in total. The van der Waals surface area contributed by atoms with E-state index in [1.165, 1.54) is 24.7 Å². The normalized spacial score (nSPS) is 13.7. The van der Waals surface area contributed by atoms with E-state index in [0.717, 1.165) is 18.4 Å². The van der Waals surface area contributed by atoms with Crippen molar-refractivity contribution < 1.29 is 9.53 Å². The van der Waals surface area contributed by atoms with Crippen LogP contribution in [0, 0.1) is 0 Å². The maximum absolute atomic E-state index is 11.2. The van der Waals surface area contributed by atoms with Crippen molar-refractivity contribution >= 4 is 17.6 Å². The van der Waals surface area contributed by atoms with Gasteiger partial charge in [0.1, 0.15) is 0 Å². The van der Waals surface area contributed by atoms with Crippen molar-refractivity contribution in [1.82, 2.24) is 0 Å². The highest BCUT2D eigenvalue weighted by atomic mass is 35.5. The van der Waals surface area contributed by atoms with E-state index in [-0.39, 0.29) is 12.4 Å². The van der Waals surface area contributed by atoms with Crippen molar-refractivity contribution in [3.8, 4) is 0 Å². The van der Waals surface area contributed by atoms with Crippen molar-refractivity contribution in [3.63, 3.8) is 0 Å². The molecule has 0 spiro atoms. The van der Waals surface area contributed by atoms with Gasteiger partial charge in [-0.15, -0.1) is 0 Å². The number of aryl methyl sites for hydroxylation is 2. The van der Waals surface area contributed by atoms with Crippen LogP contribution in [-0.4, -0.2) is 13.1 Å². The number of hydrogen-bond acceptors (Lipinski definition) is 2. The van der Waals surface area contributed by atoms with E-state index in [1.807, 2.05) is 12.1 Å². The van der Waals surface area contributed by atoms with Crippen molar-refractivity contribution in [2.24, 2.45) is 0 Å². The summed E-state index contributed by atoms with van der Waals surface area (Å²) in [6, 6.07) is 4.03. The molecule has 1 aromatic carbocycles. The molecule has 1 aliphatic rings. The Morgan fingerprint density at radius 1 is 1.40 bits per heavy atom. The summed E-state index contributed by atoms with van der Waals surface area (Å²) < 4.78 is 4.63. The van der Waals surface area contributed by atoms with Gasteiger partial charge in [0.05, 0.1) is 13.5 Å². The topological polar surface area (TPSA) is 26.3 Å². The molecule has 1 aromatic rings. The minimum Gasteiger partial charge on any atom is -0.469 e. The Hall–Kier alpha value is -1.02. The lowest BCUT2D eigenvalue weighted by molar-refractivity contribution is -0.139. The maximum Gasteiger partial charge on any atom is 0.310 e. The molecule has 0 N–H and O–H groups in total. The van der Waals surface area contributed by atoms with E-state index >= 15 is 0 Å². The molecule has 80 valence electrons. The number of ether oxygens (including phenoxy) is 1. The third-order valence-corrected chi connectivity index (χ3v) is 3.18. The Morgan fingerprint density at radius 2 is 2.07 bits per heavy atom. The Bertz CT molecular complexity index is 399. The molecule has 15 heavy (non-hydrogen) atoms. The van der Waals surface area contributed by atoms with Crippen LogP contribution in [0.2, 0.25) is 5.02 Å². The summed E-state index contributed by atoms with van der Waals surface area (Å²) in [6.07, 6.45) is 3.66. The average Bonchev–Trinajstić information content (AvgIpc) is 2.65. The number of rotatable bonds is 2. The summed E-state index contributed by atoms with van der Waals surface area (Å²) in [4.78, 5) is 11.2. The smallest absolute Gasteiger partial charge is 0.310 e. The molecule has 0 aromatic heterocycles. The Morgan fingerprint density at radius 3 is 2.73 bits per heavy atom. The van der Waals surface area contributed by atoms with Gasteiger partial charge in [0.2, 0.25) is 0 Å². The quantitative estimate of drug-likeness (QED) is 0.722. The van der Waals surface area contributed by atoms with Crippen LogP contribution >= 0.6 is 11.6 Å². The highest BCUT2D eigenvalue weighted by Gasteiger charge is 2.15. The molecule has 3 heteroatoms. The lowest BCUT2D eigenvalue weighted by atomic mass is 10.0. The summed E-state index contributed by atoms with van der Waals surface area (Å²) in [6.45, 7) is 0. The molecule has 0 atom stereocenters. The van der Waals surface area contributed by atoms with Gasteiger partial charge in [0.25, 0.3) is 0 Å². The number of carbonyl (C=O) groups excluding carboxylic acids is 1.